The van der Waals surface area contributed by atoms with Crippen LogP contribution in [0, 0.1) is 0 Å². The number of piperazine rings is 1. The number of para-hydroxylation sites is 1. The molecule has 0 saturated carbocycles. The quantitative estimate of drug-likeness (QED) is 0.834. The van der Waals surface area contributed by atoms with E-state index in [2.05, 4.69) is 34.5 Å². The molecule has 1 N–H and O–H groups in total. The molecule has 3 nitrogen and oxygen atoms in total. The maximum absolute atomic E-state index is 5.51. The van der Waals surface area contributed by atoms with Gasteiger partial charge in [0, 0.05) is 44.0 Å². The van der Waals surface area contributed by atoms with Crippen LogP contribution in [-0.4, -0.2) is 32.8 Å². The topological polar surface area (TPSA) is 24.5 Å². The molecule has 1 saturated heterocycles. The number of nitrogens with one attached hydrogen (secondary N) is 1. The molecule has 0 radical (unpaired) electrons. The average molecular weight is 220 g/mol. The molecule has 3 heteroatoms. The van der Waals surface area contributed by atoms with Gasteiger partial charge in [-0.25, -0.2) is 0 Å². The Balaban J connectivity index is 2.11. The molecule has 0 amide bonds. The van der Waals surface area contributed by atoms with Crippen LogP contribution in [0.1, 0.15) is 12.5 Å². The van der Waals surface area contributed by atoms with Gasteiger partial charge in [-0.15, -0.1) is 0 Å². The van der Waals surface area contributed by atoms with E-state index in [9.17, 15) is 0 Å². The van der Waals surface area contributed by atoms with Gasteiger partial charge in [-0.3, -0.25) is 0 Å². The first-order valence-electron chi connectivity index (χ1n) is 6.03. The molecular weight excluding hydrogens is 200 g/mol. The Morgan fingerprint density at radius 3 is 2.75 bits per heavy atom. The molecule has 1 aromatic carbocycles. The monoisotopic (exact) mass is 220 g/mol. The standard InChI is InChI=1S/C13H20N2O/c1-2-16-11-12-5-3-4-6-13(12)15-9-7-14-8-10-15/h3-6,14H,2,7-11H2,1H3. The van der Waals surface area contributed by atoms with Gasteiger partial charge in [-0.2, -0.15) is 0 Å². The van der Waals surface area contributed by atoms with E-state index in [1.807, 2.05) is 6.92 Å². The Hall–Kier alpha value is -1.06. The maximum atomic E-state index is 5.51. The molecule has 0 unspecified atom stereocenters. The smallest absolute Gasteiger partial charge is 0.0736 e. The van der Waals surface area contributed by atoms with E-state index in [1.165, 1.54) is 11.3 Å². The first kappa shape index (κ1) is 11.4. The van der Waals surface area contributed by atoms with Crippen LogP contribution in [0.5, 0.6) is 0 Å². The fourth-order valence-electron chi connectivity index (χ4n) is 2.06. The van der Waals surface area contributed by atoms with E-state index in [1.54, 1.807) is 0 Å². The zero-order chi connectivity index (χ0) is 11.2. The zero-order valence-electron chi connectivity index (χ0n) is 9.91. The van der Waals surface area contributed by atoms with Gasteiger partial charge in [-0.05, 0) is 13.0 Å². The molecule has 1 heterocycles. The molecule has 1 aromatic rings. The predicted octanol–water partition coefficient (Wildman–Crippen LogP) is 1.63. The largest absolute Gasteiger partial charge is 0.377 e. The van der Waals surface area contributed by atoms with E-state index in [4.69, 9.17) is 4.74 Å². The number of hydrogen-bond donors (Lipinski definition) is 1. The van der Waals surface area contributed by atoms with Crippen molar-refractivity contribution in [3.05, 3.63) is 29.8 Å². The second kappa shape index (κ2) is 5.87. The van der Waals surface area contributed by atoms with E-state index in [0.29, 0.717) is 0 Å². The van der Waals surface area contributed by atoms with Gasteiger partial charge >= 0.3 is 0 Å². The van der Waals surface area contributed by atoms with Crippen molar-refractivity contribution in [3.63, 3.8) is 0 Å². The minimum atomic E-state index is 0.719. The number of hydrogen-bond acceptors (Lipinski definition) is 3. The van der Waals surface area contributed by atoms with Gasteiger partial charge in [0.25, 0.3) is 0 Å². The number of ether oxygens (including phenoxy) is 1. The highest BCUT2D eigenvalue weighted by Crippen LogP contribution is 2.21. The summed E-state index contributed by atoms with van der Waals surface area (Å²) in [6.45, 7) is 7.85. The van der Waals surface area contributed by atoms with Crippen LogP contribution in [-0.2, 0) is 11.3 Å². The number of rotatable bonds is 4. The molecule has 0 spiro atoms. The van der Waals surface area contributed by atoms with Gasteiger partial charge in [-0.1, -0.05) is 18.2 Å². The normalized spacial score (nSPS) is 16.4. The molecular formula is C13H20N2O. The summed E-state index contributed by atoms with van der Waals surface area (Å²) in [6, 6.07) is 8.54. The second-order valence-corrected chi connectivity index (χ2v) is 4.00. The molecule has 16 heavy (non-hydrogen) atoms. The predicted molar refractivity (Wildman–Crippen MR) is 66.9 cm³/mol. The highest BCUT2D eigenvalue weighted by atomic mass is 16.5. The van der Waals surface area contributed by atoms with Gasteiger partial charge < -0.3 is 15.0 Å². The Bertz CT molecular complexity index is 321. The number of nitrogens with zero attached hydrogens (tertiary/aromatic N) is 1. The molecule has 2 rings (SSSR count). The molecule has 88 valence electrons. The summed E-state index contributed by atoms with van der Waals surface area (Å²) in [5, 5.41) is 3.37. The lowest BCUT2D eigenvalue weighted by Gasteiger charge is -2.31. The first-order valence-corrected chi connectivity index (χ1v) is 6.03. The highest BCUT2D eigenvalue weighted by Gasteiger charge is 2.13. The third kappa shape index (κ3) is 2.74. The van der Waals surface area contributed by atoms with Crippen LogP contribution >= 0.6 is 0 Å². The molecule has 1 aliphatic heterocycles. The van der Waals surface area contributed by atoms with Gasteiger partial charge in [0.1, 0.15) is 0 Å². The average Bonchev–Trinajstić information content (AvgIpc) is 2.38. The van der Waals surface area contributed by atoms with E-state index >= 15 is 0 Å². The number of benzene rings is 1. The summed E-state index contributed by atoms with van der Waals surface area (Å²) in [5.41, 5.74) is 2.63. The molecule has 0 aliphatic carbocycles. The van der Waals surface area contributed by atoms with E-state index in [0.717, 1.165) is 39.4 Å². The van der Waals surface area contributed by atoms with Crippen molar-refractivity contribution in [1.29, 1.82) is 0 Å². The van der Waals surface area contributed by atoms with Crippen molar-refractivity contribution in [2.24, 2.45) is 0 Å². The SMILES string of the molecule is CCOCc1ccccc1N1CCNCC1. The third-order valence-corrected chi connectivity index (χ3v) is 2.91. The summed E-state index contributed by atoms with van der Waals surface area (Å²) in [6.07, 6.45) is 0. The van der Waals surface area contributed by atoms with Crippen LogP contribution in [0.2, 0.25) is 0 Å². The molecule has 1 aliphatic rings. The lowest BCUT2D eigenvalue weighted by atomic mass is 10.1. The zero-order valence-corrected chi connectivity index (χ0v) is 9.91. The Morgan fingerprint density at radius 2 is 2.00 bits per heavy atom. The molecule has 1 fully saturated rings. The van der Waals surface area contributed by atoms with Crippen molar-refractivity contribution in [1.82, 2.24) is 5.32 Å². The summed E-state index contributed by atoms with van der Waals surface area (Å²) in [4.78, 5) is 2.44. The fraction of sp³-hybridized carbons (Fsp3) is 0.538. The lowest BCUT2D eigenvalue weighted by Crippen LogP contribution is -2.43. The summed E-state index contributed by atoms with van der Waals surface area (Å²) < 4.78 is 5.51. The molecule has 0 bridgehead atoms. The van der Waals surface area contributed by atoms with Crippen molar-refractivity contribution in [2.45, 2.75) is 13.5 Å². The van der Waals surface area contributed by atoms with Gasteiger partial charge in [0.15, 0.2) is 0 Å². The Morgan fingerprint density at radius 1 is 1.25 bits per heavy atom. The Labute approximate surface area is 97.4 Å². The highest BCUT2D eigenvalue weighted by molar-refractivity contribution is 5.53. The van der Waals surface area contributed by atoms with Crippen molar-refractivity contribution < 1.29 is 4.74 Å². The third-order valence-electron chi connectivity index (χ3n) is 2.91. The summed E-state index contributed by atoms with van der Waals surface area (Å²) in [5.74, 6) is 0. The molecule has 0 atom stereocenters. The molecule has 0 aromatic heterocycles. The van der Waals surface area contributed by atoms with Crippen LogP contribution in [0.15, 0.2) is 24.3 Å². The first-order chi connectivity index (χ1) is 7.92. The van der Waals surface area contributed by atoms with Crippen LogP contribution < -0.4 is 10.2 Å². The Kier molecular flexibility index (Phi) is 4.19. The van der Waals surface area contributed by atoms with Crippen molar-refractivity contribution in [2.75, 3.05) is 37.7 Å². The van der Waals surface area contributed by atoms with Crippen molar-refractivity contribution >= 4 is 5.69 Å². The minimum absolute atomic E-state index is 0.719. The van der Waals surface area contributed by atoms with E-state index < -0.39 is 0 Å². The fourth-order valence-corrected chi connectivity index (χ4v) is 2.06. The van der Waals surface area contributed by atoms with Crippen LogP contribution in [0.3, 0.4) is 0 Å². The van der Waals surface area contributed by atoms with E-state index in [-0.39, 0.29) is 0 Å². The lowest BCUT2D eigenvalue weighted by molar-refractivity contribution is 0.134. The van der Waals surface area contributed by atoms with Gasteiger partial charge in [0.05, 0.1) is 6.61 Å². The van der Waals surface area contributed by atoms with Crippen LogP contribution in [0.25, 0.3) is 0 Å². The summed E-state index contributed by atoms with van der Waals surface area (Å²) in [7, 11) is 0. The second-order valence-electron chi connectivity index (χ2n) is 4.00. The van der Waals surface area contributed by atoms with Crippen LogP contribution in [0.4, 0.5) is 5.69 Å². The van der Waals surface area contributed by atoms with Gasteiger partial charge in [0.2, 0.25) is 0 Å². The maximum Gasteiger partial charge on any atom is 0.0736 e. The van der Waals surface area contributed by atoms with Crippen molar-refractivity contribution in [3.8, 4) is 0 Å². The summed E-state index contributed by atoms with van der Waals surface area (Å²) >= 11 is 0. The minimum Gasteiger partial charge on any atom is -0.377 e. The number of anilines is 1.